The largest absolute Gasteiger partial charge is 0.285 e. The van der Waals surface area contributed by atoms with Crippen LogP contribution in [0.2, 0.25) is 0 Å². The number of alkyl halides is 8. The molecule has 0 amide bonds. The Balaban J connectivity index is 4.78. The smallest absolute Gasteiger partial charge is 0.267 e. The van der Waals surface area contributed by atoms with E-state index in [1.165, 1.54) is 0 Å². The molecule has 0 spiro atoms. The number of rotatable bonds is 10. The van der Waals surface area contributed by atoms with Crippen molar-refractivity contribution in [3.8, 4) is 0 Å². The third-order valence-corrected chi connectivity index (χ3v) is 3.40. The number of halogens is 8. The average Bonchev–Trinajstić information content (AvgIpc) is 2.41. The maximum atomic E-state index is 13.2. The van der Waals surface area contributed by atoms with E-state index in [4.69, 9.17) is 4.55 Å². The van der Waals surface area contributed by atoms with Gasteiger partial charge in [-0.15, -0.1) is 0 Å². The highest BCUT2D eigenvalue weighted by atomic mass is 32.2. The lowest BCUT2D eigenvalue weighted by atomic mass is 9.99. The molecule has 0 saturated heterocycles. The molecule has 0 aliphatic heterocycles. The van der Waals surface area contributed by atoms with E-state index < -0.39 is 72.2 Å². The Hall–Kier alpha value is -0.650. The molecule has 0 heterocycles. The molecule has 134 valence electrons. The molecule has 1 N–H and O–H groups in total. The van der Waals surface area contributed by atoms with Gasteiger partial charge in [0.05, 0.1) is 6.67 Å². The predicted octanol–water partition coefficient (Wildman–Crippen LogP) is 2.60. The fourth-order valence-corrected chi connectivity index (χ4v) is 2.07. The van der Waals surface area contributed by atoms with Crippen molar-refractivity contribution >= 4 is 10.1 Å². The molecule has 0 rings (SSSR count). The van der Waals surface area contributed by atoms with Gasteiger partial charge in [0.1, 0.15) is 11.9 Å². The van der Waals surface area contributed by atoms with Crippen molar-refractivity contribution in [1.29, 1.82) is 0 Å². The first-order valence-electron chi connectivity index (χ1n) is 5.92. The fraction of sp³-hybridized carbons (Fsp3) is 1.00. The predicted molar refractivity (Wildman–Crippen MR) is 61.3 cm³/mol. The van der Waals surface area contributed by atoms with Gasteiger partial charge in [0, 0.05) is 6.42 Å². The van der Waals surface area contributed by atoms with Crippen LogP contribution in [0.5, 0.6) is 0 Å². The number of hydrogen-bond acceptors (Lipinski definition) is 2. The van der Waals surface area contributed by atoms with Crippen molar-refractivity contribution in [2.45, 2.75) is 49.6 Å². The van der Waals surface area contributed by atoms with Crippen LogP contribution in [0.15, 0.2) is 0 Å². The lowest BCUT2D eigenvalue weighted by Gasteiger charge is -2.25. The highest BCUT2D eigenvalue weighted by Gasteiger charge is 2.46. The summed E-state index contributed by atoms with van der Waals surface area (Å²) < 4.78 is 132. The topological polar surface area (TPSA) is 54.4 Å². The van der Waals surface area contributed by atoms with Crippen molar-refractivity contribution < 1.29 is 48.1 Å². The SMILES string of the molecule is O=S(=O)(O)CC(F)C(F)C(F)C(F)C(F)C(F)C(F)CCF. The van der Waals surface area contributed by atoms with E-state index in [0.717, 1.165) is 0 Å². The van der Waals surface area contributed by atoms with Crippen LogP contribution in [0.3, 0.4) is 0 Å². The fourth-order valence-electron chi connectivity index (χ4n) is 1.48. The van der Waals surface area contributed by atoms with Crippen molar-refractivity contribution in [3.63, 3.8) is 0 Å². The molecule has 7 unspecified atom stereocenters. The van der Waals surface area contributed by atoms with Gasteiger partial charge in [-0.1, -0.05) is 0 Å². The minimum atomic E-state index is -5.06. The van der Waals surface area contributed by atoms with Gasteiger partial charge in [-0.25, -0.2) is 30.7 Å². The van der Waals surface area contributed by atoms with Crippen molar-refractivity contribution in [3.05, 3.63) is 0 Å². The van der Waals surface area contributed by atoms with E-state index in [-0.39, 0.29) is 0 Å². The van der Waals surface area contributed by atoms with Gasteiger partial charge in [0.15, 0.2) is 37.0 Å². The minimum absolute atomic E-state index is 1.14. The zero-order chi connectivity index (χ0) is 17.7. The van der Waals surface area contributed by atoms with Gasteiger partial charge < -0.3 is 0 Å². The Bertz CT molecular complexity index is 422. The maximum Gasteiger partial charge on any atom is 0.267 e. The van der Waals surface area contributed by atoms with Gasteiger partial charge in [-0.2, -0.15) is 8.42 Å². The summed E-state index contributed by atoms with van der Waals surface area (Å²) in [5.41, 5.74) is 0. The van der Waals surface area contributed by atoms with E-state index in [1.807, 2.05) is 0 Å². The van der Waals surface area contributed by atoms with Gasteiger partial charge in [-0.05, 0) is 0 Å². The Morgan fingerprint density at radius 1 is 0.727 bits per heavy atom. The Morgan fingerprint density at radius 3 is 1.45 bits per heavy atom. The molecule has 0 aromatic heterocycles. The lowest BCUT2D eigenvalue weighted by Crippen LogP contribution is -2.46. The van der Waals surface area contributed by atoms with Crippen LogP contribution in [0.1, 0.15) is 6.42 Å². The van der Waals surface area contributed by atoms with Crippen LogP contribution < -0.4 is 0 Å². The Morgan fingerprint density at radius 2 is 1.09 bits per heavy atom. The van der Waals surface area contributed by atoms with E-state index in [1.54, 1.807) is 0 Å². The molecule has 0 bridgehead atoms. The summed E-state index contributed by atoms with van der Waals surface area (Å²) in [4.78, 5) is 0. The Labute approximate surface area is 121 Å². The minimum Gasteiger partial charge on any atom is -0.285 e. The summed E-state index contributed by atoms with van der Waals surface area (Å²) in [6.07, 6.45) is -24.9. The molecule has 22 heavy (non-hydrogen) atoms. The van der Waals surface area contributed by atoms with E-state index in [9.17, 15) is 43.5 Å². The summed E-state index contributed by atoms with van der Waals surface area (Å²) in [6, 6.07) is 0. The molecule has 0 aliphatic rings. The second-order valence-corrected chi connectivity index (χ2v) is 5.98. The first-order chi connectivity index (χ1) is 9.92. The maximum absolute atomic E-state index is 13.2. The lowest BCUT2D eigenvalue weighted by molar-refractivity contribution is -0.0340. The summed E-state index contributed by atoms with van der Waals surface area (Å²) in [5, 5.41) is 0. The molecular formula is C10H14F8O3S. The molecule has 7 atom stereocenters. The summed E-state index contributed by atoms with van der Waals surface area (Å²) >= 11 is 0. The Kier molecular flexibility index (Phi) is 8.58. The van der Waals surface area contributed by atoms with Crippen LogP contribution in [-0.4, -0.2) is 68.6 Å². The normalized spacial score (nSPS) is 22.4. The van der Waals surface area contributed by atoms with Crippen molar-refractivity contribution in [2.24, 2.45) is 0 Å². The molecule has 0 saturated carbocycles. The van der Waals surface area contributed by atoms with Crippen molar-refractivity contribution in [2.75, 3.05) is 12.4 Å². The van der Waals surface area contributed by atoms with E-state index in [0.29, 0.717) is 0 Å². The van der Waals surface area contributed by atoms with Crippen LogP contribution >= 0.6 is 0 Å². The summed E-state index contributed by atoms with van der Waals surface area (Å²) in [5.74, 6) is -1.93. The van der Waals surface area contributed by atoms with Gasteiger partial charge in [0.2, 0.25) is 0 Å². The summed E-state index contributed by atoms with van der Waals surface area (Å²) in [7, 11) is -5.06. The quantitative estimate of drug-likeness (QED) is 0.478. The summed E-state index contributed by atoms with van der Waals surface area (Å²) in [6.45, 7) is -1.41. The van der Waals surface area contributed by atoms with Crippen LogP contribution in [0.4, 0.5) is 35.1 Å². The highest BCUT2D eigenvalue weighted by Crippen LogP contribution is 2.27. The van der Waals surface area contributed by atoms with E-state index in [2.05, 4.69) is 0 Å². The monoisotopic (exact) mass is 366 g/mol. The van der Waals surface area contributed by atoms with Crippen molar-refractivity contribution in [1.82, 2.24) is 0 Å². The molecule has 0 fully saturated rings. The van der Waals surface area contributed by atoms with Gasteiger partial charge in [0.25, 0.3) is 10.1 Å². The number of hydrogen-bond donors (Lipinski definition) is 1. The second kappa shape index (κ2) is 8.85. The zero-order valence-electron chi connectivity index (χ0n) is 10.9. The third-order valence-electron chi connectivity index (χ3n) is 2.66. The first-order valence-corrected chi connectivity index (χ1v) is 7.53. The van der Waals surface area contributed by atoms with E-state index >= 15 is 0 Å². The standard InChI is InChI=1S/C10H14F8O3S/c11-2-1-4(12)6(14)8(16)10(18)9(17)7(15)5(13)3-22(19,20)21/h4-10H,1-3H2,(H,19,20,21). The van der Waals surface area contributed by atoms with Crippen LogP contribution in [0, 0.1) is 0 Å². The van der Waals surface area contributed by atoms with Gasteiger partial charge >= 0.3 is 0 Å². The molecule has 0 radical (unpaired) electrons. The molecule has 0 aromatic rings. The molecular weight excluding hydrogens is 352 g/mol. The second-order valence-electron chi connectivity index (χ2n) is 4.48. The first kappa shape index (κ1) is 21.4. The van der Waals surface area contributed by atoms with Crippen LogP contribution in [0.25, 0.3) is 0 Å². The molecule has 0 aliphatic carbocycles. The van der Waals surface area contributed by atoms with Crippen LogP contribution in [-0.2, 0) is 10.1 Å². The third kappa shape index (κ3) is 6.63. The molecule has 3 nitrogen and oxygen atoms in total. The van der Waals surface area contributed by atoms with Gasteiger partial charge in [-0.3, -0.25) is 8.94 Å². The molecule has 0 aromatic carbocycles. The zero-order valence-corrected chi connectivity index (χ0v) is 11.7. The molecule has 12 heteroatoms. The average molecular weight is 366 g/mol. The highest BCUT2D eigenvalue weighted by molar-refractivity contribution is 7.85.